The van der Waals surface area contributed by atoms with Gasteiger partial charge in [-0.1, -0.05) is 12.1 Å². The second-order valence-electron chi connectivity index (χ2n) is 8.71. The minimum atomic E-state index is -0.503. The number of likely N-dealkylation sites (tertiary alicyclic amines) is 1. The maximum atomic E-state index is 12.8. The number of ether oxygens (including phenoxy) is 2. The second-order valence-corrected chi connectivity index (χ2v) is 8.71. The fourth-order valence-electron chi connectivity index (χ4n) is 3.90. The third-order valence-electron chi connectivity index (χ3n) is 5.27. The Labute approximate surface area is 179 Å². The molecule has 0 bridgehead atoms. The van der Waals surface area contributed by atoms with Gasteiger partial charge in [0.1, 0.15) is 11.4 Å². The largest absolute Gasteiger partial charge is 0.497 e. The summed E-state index contributed by atoms with van der Waals surface area (Å²) in [5.41, 5.74) is 0.646. The lowest BCUT2D eigenvalue weighted by atomic mass is 9.97. The zero-order valence-corrected chi connectivity index (χ0v) is 18.5. The molecule has 2 aromatic rings. The summed E-state index contributed by atoms with van der Waals surface area (Å²) in [5, 5.41) is 7.96. The molecule has 2 heterocycles. The monoisotopic (exact) mass is 414 g/mol. The first-order valence-electron chi connectivity index (χ1n) is 10.7. The van der Waals surface area contributed by atoms with Gasteiger partial charge < -0.3 is 19.7 Å². The smallest absolute Gasteiger partial charge is 0.410 e. The maximum Gasteiger partial charge on any atom is 0.410 e. The Hall–Kier alpha value is -2.54. The number of nitrogens with zero attached hydrogens (tertiary/aromatic N) is 3. The Morgan fingerprint density at radius 2 is 2.07 bits per heavy atom. The number of hydrogen-bond acceptors (Lipinski definition) is 5. The molecule has 1 aromatic heterocycles. The van der Waals surface area contributed by atoms with Crippen LogP contribution in [0.3, 0.4) is 0 Å². The average Bonchev–Trinajstić information content (AvgIpc) is 3.39. The van der Waals surface area contributed by atoms with Crippen LogP contribution in [0.2, 0.25) is 0 Å². The van der Waals surface area contributed by atoms with Crippen LogP contribution in [0.15, 0.2) is 42.7 Å². The average molecular weight is 415 g/mol. The number of aromatic nitrogens is 2. The molecule has 1 aliphatic heterocycles. The van der Waals surface area contributed by atoms with Crippen molar-refractivity contribution in [1.29, 1.82) is 0 Å². The van der Waals surface area contributed by atoms with Crippen LogP contribution in [0.4, 0.5) is 4.79 Å². The first-order chi connectivity index (χ1) is 14.4. The molecule has 30 heavy (non-hydrogen) atoms. The number of methoxy groups -OCH3 is 1. The predicted molar refractivity (Wildman–Crippen MR) is 117 cm³/mol. The zero-order valence-electron chi connectivity index (χ0n) is 18.5. The van der Waals surface area contributed by atoms with Crippen LogP contribution in [0, 0.1) is 0 Å². The van der Waals surface area contributed by atoms with Crippen molar-refractivity contribution in [2.24, 2.45) is 0 Å². The molecule has 7 heteroatoms. The molecule has 3 rings (SSSR count). The SMILES string of the molecule is COc1ccc([C@H](NCCCn2cccn2)[C@H]2CCCN2C(=O)OC(C)(C)C)cc1. The lowest BCUT2D eigenvalue weighted by Gasteiger charge is -2.34. The van der Waals surface area contributed by atoms with Crippen LogP contribution in [-0.4, -0.2) is 52.6 Å². The summed E-state index contributed by atoms with van der Waals surface area (Å²) in [6.07, 6.45) is 6.41. The molecule has 1 saturated heterocycles. The highest BCUT2D eigenvalue weighted by atomic mass is 16.6. The molecule has 0 radical (unpaired) electrons. The van der Waals surface area contributed by atoms with Gasteiger partial charge in [-0.2, -0.15) is 5.10 Å². The standard InChI is InChI=1S/C23H34N4O3/c1-23(2,3)30-22(28)27-17-5-8-20(27)21(18-9-11-19(29-4)12-10-18)24-13-6-15-26-16-7-14-25-26/h7,9-12,14,16,20-21,24H,5-6,8,13,15,17H2,1-4H3/t20-,21+/m1/s1. The molecule has 1 amide bonds. The highest BCUT2D eigenvalue weighted by molar-refractivity contribution is 5.69. The summed E-state index contributed by atoms with van der Waals surface area (Å²) in [6.45, 7) is 8.13. The number of aryl methyl sites for hydroxylation is 1. The van der Waals surface area contributed by atoms with Crippen LogP contribution >= 0.6 is 0 Å². The number of carbonyl (C=O) groups excluding carboxylic acids is 1. The summed E-state index contributed by atoms with van der Waals surface area (Å²) in [4.78, 5) is 14.7. The Kier molecular flexibility index (Phi) is 7.37. The van der Waals surface area contributed by atoms with Crippen LogP contribution in [0.25, 0.3) is 0 Å². The maximum absolute atomic E-state index is 12.8. The fourth-order valence-corrected chi connectivity index (χ4v) is 3.90. The molecule has 2 atom stereocenters. The lowest BCUT2D eigenvalue weighted by Crippen LogP contribution is -2.46. The van der Waals surface area contributed by atoms with E-state index in [1.54, 1.807) is 13.3 Å². The molecule has 1 aromatic carbocycles. The van der Waals surface area contributed by atoms with Gasteiger partial charge >= 0.3 is 6.09 Å². The van der Waals surface area contributed by atoms with E-state index in [-0.39, 0.29) is 18.2 Å². The third kappa shape index (κ3) is 5.98. The molecule has 164 valence electrons. The van der Waals surface area contributed by atoms with E-state index in [2.05, 4.69) is 22.5 Å². The van der Waals surface area contributed by atoms with Gasteiger partial charge in [0.15, 0.2) is 0 Å². The molecule has 0 aliphatic carbocycles. The first kappa shape index (κ1) is 22.2. The topological polar surface area (TPSA) is 68.6 Å². The molecule has 7 nitrogen and oxygen atoms in total. The van der Waals surface area contributed by atoms with Gasteiger partial charge in [0.05, 0.1) is 19.2 Å². The normalized spacial score (nSPS) is 17.7. The van der Waals surface area contributed by atoms with E-state index in [0.717, 1.165) is 50.2 Å². The molecule has 1 aliphatic rings. The van der Waals surface area contributed by atoms with E-state index in [1.807, 2.05) is 54.7 Å². The number of rotatable bonds is 8. The van der Waals surface area contributed by atoms with Crippen molar-refractivity contribution in [2.75, 3.05) is 20.2 Å². The zero-order chi connectivity index (χ0) is 21.6. The fraction of sp³-hybridized carbons (Fsp3) is 0.565. The van der Waals surface area contributed by atoms with E-state index >= 15 is 0 Å². The Bertz CT molecular complexity index is 784. The van der Waals surface area contributed by atoms with Crippen molar-refractivity contribution in [3.63, 3.8) is 0 Å². The Morgan fingerprint density at radius 1 is 1.30 bits per heavy atom. The van der Waals surface area contributed by atoms with Crippen LogP contribution in [-0.2, 0) is 11.3 Å². The quantitative estimate of drug-likeness (QED) is 0.661. The summed E-state index contributed by atoms with van der Waals surface area (Å²) in [7, 11) is 1.67. The van der Waals surface area contributed by atoms with Crippen LogP contribution in [0.1, 0.15) is 51.6 Å². The van der Waals surface area contributed by atoms with Crippen molar-refractivity contribution in [1.82, 2.24) is 20.0 Å². The molecular formula is C23H34N4O3. The van der Waals surface area contributed by atoms with Gasteiger partial charge in [0, 0.05) is 25.5 Å². The highest BCUT2D eigenvalue weighted by Gasteiger charge is 2.37. The van der Waals surface area contributed by atoms with Crippen LogP contribution < -0.4 is 10.1 Å². The van der Waals surface area contributed by atoms with Gasteiger partial charge in [0.25, 0.3) is 0 Å². The number of nitrogens with one attached hydrogen (secondary N) is 1. The van der Waals surface area contributed by atoms with E-state index in [0.29, 0.717) is 0 Å². The van der Waals surface area contributed by atoms with Crippen molar-refractivity contribution >= 4 is 6.09 Å². The lowest BCUT2D eigenvalue weighted by molar-refractivity contribution is 0.0194. The molecule has 1 N–H and O–H groups in total. The summed E-state index contributed by atoms with van der Waals surface area (Å²) in [6, 6.07) is 10.1. The number of hydrogen-bond donors (Lipinski definition) is 1. The van der Waals surface area contributed by atoms with Crippen LogP contribution in [0.5, 0.6) is 5.75 Å². The van der Waals surface area contributed by atoms with Crippen molar-refractivity contribution in [3.05, 3.63) is 48.3 Å². The van der Waals surface area contributed by atoms with E-state index < -0.39 is 5.60 Å². The minimum absolute atomic E-state index is 0.0311. The number of amides is 1. The molecule has 1 fully saturated rings. The third-order valence-corrected chi connectivity index (χ3v) is 5.27. The number of carbonyl (C=O) groups is 1. The van der Waals surface area contributed by atoms with E-state index in [9.17, 15) is 4.79 Å². The molecule has 0 spiro atoms. The predicted octanol–water partition coefficient (Wildman–Crippen LogP) is 4.01. The highest BCUT2D eigenvalue weighted by Crippen LogP contribution is 2.31. The van der Waals surface area contributed by atoms with Crippen molar-refractivity contribution in [3.8, 4) is 5.75 Å². The first-order valence-corrected chi connectivity index (χ1v) is 10.7. The van der Waals surface area contributed by atoms with Crippen molar-refractivity contribution < 1.29 is 14.3 Å². The summed E-state index contributed by atoms with van der Waals surface area (Å²) < 4.78 is 12.9. The number of benzene rings is 1. The summed E-state index contributed by atoms with van der Waals surface area (Å²) in [5.74, 6) is 0.826. The Morgan fingerprint density at radius 3 is 2.70 bits per heavy atom. The van der Waals surface area contributed by atoms with Gasteiger partial charge in [0.2, 0.25) is 0 Å². The molecule has 0 unspecified atom stereocenters. The van der Waals surface area contributed by atoms with Gasteiger partial charge in [-0.25, -0.2) is 4.79 Å². The Balaban J connectivity index is 1.72. The van der Waals surface area contributed by atoms with E-state index in [1.165, 1.54) is 0 Å². The molecule has 0 saturated carbocycles. The molecular weight excluding hydrogens is 380 g/mol. The second kappa shape index (κ2) is 9.98. The van der Waals surface area contributed by atoms with Gasteiger partial charge in [-0.3, -0.25) is 4.68 Å². The summed E-state index contributed by atoms with van der Waals surface area (Å²) >= 11 is 0. The van der Waals surface area contributed by atoms with Gasteiger partial charge in [-0.05, 0) is 70.3 Å². The van der Waals surface area contributed by atoms with Gasteiger partial charge in [-0.15, -0.1) is 0 Å². The minimum Gasteiger partial charge on any atom is -0.497 e. The van der Waals surface area contributed by atoms with Crippen molar-refractivity contribution in [2.45, 2.75) is 64.3 Å². The van der Waals surface area contributed by atoms with E-state index in [4.69, 9.17) is 9.47 Å².